The molecule has 0 aliphatic carbocycles. The first-order chi connectivity index (χ1) is 9.67. The van der Waals surface area contributed by atoms with Crippen molar-refractivity contribution >= 4 is 5.96 Å². The maximum absolute atomic E-state index is 5.30. The number of hydrogen-bond acceptors (Lipinski definition) is 2. The quantitative estimate of drug-likeness (QED) is 0.457. The monoisotopic (exact) mass is 277 g/mol. The van der Waals surface area contributed by atoms with E-state index < -0.39 is 0 Å². The van der Waals surface area contributed by atoms with Crippen molar-refractivity contribution in [3.05, 3.63) is 34.9 Å². The zero-order chi connectivity index (χ0) is 14.8. The van der Waals surface area contributed by atoms with Gasteiger partial charge in [-0.05, 0) is 38.3 Å². The molecule has 0 saturated carbocycles. The number of aliphatic imine (C=N–C) groups is 1. The minimum absolute atomic E-state index is 0.777. The lowest BCUT2D eigenvalue weighted by molar-refractivity contribution is 0.145. The van der Waals surface area contributed by atoms with E-state index in [0.29, 0.717) is 0 Å². The van der Waals surface area contributed by atoms with Crippen molar-refractivity contribution in [3.8, 4) is 0 Å². The number of ether oxygens (including phenoxy) is 1. The van der Waals surface area contributed by atoms with Crippen LogP contribution in [0.1, 0.15) is 30.0 Å². The zero-order valence-electron chi connectivity index (χ0n) is 13.1. The van der Waals surface area contributed by atoms with Gasteiger partial charge < -0.3 is 15.4 Å². The SMILES string of the molecule is CCOCCCNC(=NC)NCc1ccc(C)cc1C. The first-order valence-electron chi connectivity index (χ1n) is 7.25. The van der Waals surface area contributed by atoms with Gasteiger partial charge in [-0.3, -0.25) is 4.99 Å². The summed E-state index contributed by atoms with van der Waals surface area (Å²) in [5, 5.41) is 6.62. The van der Waals surface area contributed by atoms with E-state index in [4.69, 9.17) is 4.74 Å². The van der Waals surface area contributed by atoms with E-state index in [1.807, 2.05) is 6.92 Å². The van der Waals surface area contributed by atoms with Crippen molar-refractivity contribution in [1.29, 1.82) is 0 Å². The predicted octanol–water partition coefficient (Wildman–Crippen LogP) is 2.40. The van der Waals surface area contributed by atoms with Crippen LogP contribution in [0, 0.1) is 13.8 Å². The molecule has 0 aromatic heterocycles. The molecule has 112 valence electrons. The summed E-state index contributed by atoms with van der Waals surface area (Å²) in [4.78, 5) is 4.22. The Hall–Kier alpha value is -1.55. The maximum Gasteiger partial charge on any atom is 0.191 e. The number of nitrogens with zero attached hydrogens (tertiary/aromatic N) is 1. The van der Waals surface area contributed by atoms with E-state index in [-0.39, 0.29) is 0 Å². The van der Waals surface area contributed by atoms with Crippen LogP contribution in [0.15, 0.2) is 23.2 Å². The molecular formula is C16H27N3O. The van der Waals surface area contributed by atoms with Crippen LogP contribution >= 0.6 is 0 Å². The third-order valence-electron chi connectivity index (χ3n) is 3.13. The van der Waals surface area contributed by atoms with E-state index in [2.05, 4.69) is 47.7 Å². The fraction of sp³-hybridized carbons (Fsp3) is 0.562. The molecule has 0 radical (unpaired) electrons. The van der Waals surface area contributed by atoms with Crippen LogP contribution in [0.3, 0.4) is 0 Å². The molecule has 0 aliphatic rings. The molecule has 1 aromatic rings. The summed E-state index contributed by atoms with van der Waals surface area (Å²) in [7, 11) is 1.79. The fourth-order valence-corrected chi connectivity index (χ4v) is 1.97. The van der Waals surface area contributed by atoms with Gasteiger partial charge >= 0.3 is 0 Å². The minimum Gasteiger partial charge on any atom is -0.382 e. The summed E-state index contributed by atoms with van der Waals surface area (Å²) in [5.41, 5.74) is 3.90. The lowest BCUT2D eigenvalue weighted by Gasteiger charge is -2.13. The minimum atomic E-state index is 0.777. The Morgan fingerprint density at radius 2 is 2.05 bits per heavy atom. The Morgan fingerprint density at radius 3 is 2.70 bits per heavy atom. The van der Waals surface area contributed by atoms with E-state index in [1.54, 1.807) is 7.05 Å². The number of nitrogens with one attached hydrogen (secondary N) is 2. The summed E-state index contributed by atoms with van der Waals surface area (Å²) in [5.74, 6) is 0.835. The molecular weight excluding hydrogens is 250 g/mol. The molecule has 0 saturated heterocycles. The van der Waals surface area contributed by atoms with Crippen LogP contribution in [0.4, 0.5) is 0 Å². The van der Waals surface area contributed by atoms with Gasteiger partial charge in [0.2, 0.25) is 0 Å². The maximum atomic E-state index is 5.30. The molecule has 0 spiro atoms. The second-order valence-corrected chi connectivity index (χ2v) is 4.83. The molecule has 4 heteroatoms. The molecule has 2 N–H and O–H groups in total. The van der Waals surface area contributed by atoms with Gasteiger partial charge in [0.1, 0.15) is 0 Å². The van der Waals surface area contributed by atoms with Crippen molar-refractivity contribution in [2.75, 3.05) is 26.8 Å². The number of aryl methyl sites for hydroxylation is 2. The van der Waals surface area contributed by atoms with Gasteiger partial charge in [0, 0.05) is 33.4 Å². The normalized spacial score (nSPS) is 11.5. The summed E-state index contributed by atoms with van der Waals surface area (Å²) in [6.07, 6.45) is 0.984. The van der Waals surface area contributed by atoms with Crippen LogP contribution < -0.4 is 10.6 Å². The van der Waals surface area contributed by atoms with Crippen molar-refractivity contribution in [2.45, 2.75) is 33.7 Å². The first-order valence-corrected chi connectivity index (χ1v) is 7.25. The van der Waals surface area contributed by atoms with E-state index in [1.165, 1.54) is 16.7 Å². The average molecular weight is 277 g/mol. The Balaban J connectivity index is 2.34. The molecule has 0 aliphatic heterocycles. The third-order valence-corrected chi connectivity index (χ3v) is 3.13. The Labute approximate surface area is 122 Å². The van der Waals surface area contributed by atoms with Gasteiger partial charge in [-0.25, -0.2) is 0 Å². The Bertz CT molecular complexity index is 430. The molecule has 0 fully saturated rings. The molecule has 0 atom stereocenters. The number of hydrogen-bond donors (Lipinski definition) is 2. The van der Waals surface area contributed by atoms with Gasteiger partial charge in [0.15, 0.2) is 5.96 Å². The topological polar surface area (TPSA) is 45.6 Å². The van der Waals surface area contributed by atoms with Gasteiger partial charge in [0.05, 0.1) is 0 Å². The van der Waals surface area contributed by atoms with Gasteiger partial charge in [-0.1, -0.05) is 23.8 Å². The smallest absolute Gasteiger partial charge is 0.191 e. The van der Waals surface area contributed by atoms with Crippen molar-refractivity contribution in [1.82, 2.24) is 10.6 Å². The second kappa shape index (κ2) is 9.37. The molecule has 1 rings (SSSR count). The molecule has 0 unspecified atom stereocenters. The Morgan fingerprint density at radius 1 is 1.25 bits per heavy atom. The predicted molar refractivity (Wildman–Crippen MR) is 85.2 cm³/mol. The zero-order valence-corrected chi connectivity index (χ0v) is 13.1. The van der Waals surface area contributed by atoms with Gasteiger partial charge in [-0.15, -0.1) is 0 Å². The highest BCUT2D eigenvalue weighted by molar-refractivity contribution is 5.79. The number of benzene rings is 1. The van der Waals surface area contributed by atoms with Crippen LogP contribution in [0.25, 0.3) is 0 Å². The number of rotatable bonds is 7. The van der Waals surface area contributed by atoms with E-state index >= 15 is 0 Å². The van der Waals surface area contributed by atoms with Crippen LogP contribution in [0.5, 0.6) is 0 Å². The number of guanidine groups is 1. The molecule has 1 aromatic carbocycles. The second-order valence-electron chi connectivity index (χ2n) is 4.83. The standard InChI is InChI=1S/C16H27N3O/c1-5-20-10-6-9-18-16(17-4)19-12-15-8-7-13(2)11-14(15)3/h7-8,11H,5-6,9-10,12H2,1-4H3,(H2,17,18,19). The largest absolute Gasteiger partial charge is 0.382 e. The summed E-state index contributed by atoms with van der Waals surface area (Å²) in [6.45, 7) is 9.49. The molecule has 0 bridgehead atoms. The van der Waals surface area contributed by atoms with Crippen molar-refractivity contribution in [3.63, 3.8) is 0 Å². The van der Waals surface area contributed by atoms with Gasteiger partial charge in [0.25, 0.3) is 0 Å². The lowest BCUT2D eigenvalue weighted by atomic mass is 10.1. The summed E-state index contributed by atoms with van der Waals surface area (Å²) >= 11 is 0. The van der Waals surface area contributed by atoms with E-state index in [9.17, 15) is 0 Å². The van der Waals surface area contributed by atoms with Crippen LogP contribution in [-0.4, -0.2) is 32.8 Å². The van der Waals surface area contributed by atoms with Crippen molar-refractivity contribution < 1.29 is 4.74 Å². The van der Waals surface area contributed by atoms with Crippen LogP contribution in [0.2, 0.25) is 0 Å². The lowest BCUT2D eigenvalue weighted by Crippen LogP contribution is -2.37. The first kappa shape index (κ1) is 16.5. The molecule has 20 heavy (non-hydrogen) atoms. The van der Waals surface area contributed by atoms with Crippen molar-refractivity contribution in [2.24, 2.45) is 4.99 Å². The average Bonchev–Trinajstić information content (AvgIpc) is 2.43. The highest BCUT2D eigenvalue weighted by Crippen LogP contribution is 2.09. The van der Waals surface area contributed by atoms with Crippen LogP contribution in [-0.2, 0) is 11.3 Å². The van der Waals surface area contributed by atoms with E-state index in [0.717, 1.165) is 38.7 Å². The highest BCUT2D eigenvalue weighted by Gasteiger charge is 2.01. The molecule has 0 amide bonds. The molecule has 4 nitrogen and oxygen atoms in total. The fourth-order valence-electron chi connectivity index (χ4n) is 1.97. The third kappa shape index (κ3) is 6.06. The highest BCUT2D eigenvalue weighted by atomic mass is 16.5. The summed E-state index contributed by atoms with van der Waals surface area (Å²) < 4.78 is 5.30. The Kier molecular flexibility index (Phi) is 7.73. The molecule has 0 heterocycles. The van der Waals surface area contributed by atoms with Gasteiger partial charge in [-0.2, -0.15) is 0 Å². The summed E-state index contributed by atoms with van der Waals surface area (Å²) in [6, 6.07) is 6.51.